The van der Waals surface area contributed by atoms with Gasteiger partial charge in [-0.2, -0.15) is 11.3 Å². The van der Waals surface area contributed by atoms with E-state index in [2.05, 4.69) is 4.85 Å². The van der Waals surface area contributed by atoms with Crippen molar-refractivity contribution in [2.45, 2.75) is 18.2 Å². The second kappa shape index (κ2) is 11.7. The standard InChI is InChI=1S/C34H20ClF3N2O3S2/c1-19(41)21-8-12-26(29(35)17-21)22-4-3-5-23(16-22)32-31(27-14-15-44-34(27)39-2)28-18-24(36)9-13-30(28)40(32)45(42,43)25-10-6-20(7-11-25)33(37)38/h3-18,33H,1H3. The molecule has 0 aliphatic carbocycles. The van der Waals surface area contributed by atoms with Crippen LogP contribution in [0.3, 0.4) is 0 Å². The predicted octanol–water partition coefficient (Wildman–Crippen LogP) is 10.4. The largest absolute Gasteiger partial charge is 0.295 e. The maximum absolute atomic E-state index is 14.8. The van der Waals surface area contributed by atoms with E-state index < -0.39 is 22.3 Å². The van der Waals surface area contributed by atoms with E-state index in [1.807, 2.05) is 0 Å². The number of alkyl halides is 2. The molecule has 224 valence electrons. The number of hydrogen-bond acceptors (Lipinski definition) is 4. The van der Waals surface area contributed by atoms with Crippen molar-refractivity contribution in [1.82, 2.24) is 3.97 Å². The fourth-order valence-electron chi connectivity index (χ4n) is 5.29. The average Bonchev–Trinajstić information content (AvgIpc) is 3.63. The van der Waals surface area contributed by atoms with E-state index in [0.29, 0.717) is 38.4 Å². The minimum absolute atomic E-state index is 0.135. The van der Waals surface area contributed by atoms with E-state index in [-0.39, 0.29) is 37.8 Å². The molecular formula is C34H20ClF3N2O3S2. The first kappa shape index (κ1) is 30.3. The van der Waals surface area contributed by atoms with E-state index in [9.17, 15) is 26.4 Å². The van der Waals surface area contributed by atoms with Crippen molar-refractivity contribution in [3.8, 4) is 33.5 Å². The summed E-state index contributed by atoms with van der Waals surface area (Å²) >= 11 is 7.74. The molecule has 0 saturated carbocycles. The molecule has 0 spiro atoms. The highest BCUT2D eigenvalue weighted by Gasteiger charge is 2.30. The van der Waals surface area contributed by atoms with Crippen molar-refractivity contribution in [1.29, 1.82) is 0 Å². The minimum Gasteiger partial charge on any atom is -0.295 e. The van der Waals surface area contributed by atoms with Gasteiger partial charge in [0.1, 0.15) is 5.82 Å². The number of fused-ring (bicyclic) bond motifs is 1. The summed E-state index contributed by atoms with van der Waals surface area (Å²) in [4.78, 5) is 15.3. The molecule has 5 nitrogen and oxygen atoms in total. The summed E-state index contributed by atoms with van der Waals surface area (Å²) in [5.41, 5.74) is 2.70. The molecule has 2 heterocycles. The van der Waals surface area contributed by atoms with Crippen molar-refractivity contribution in [3.05, 3.63) is 130 Å². The lowest BCUT2D eigenvalue weighted by molar-refractivity contribution is 0.101. The van der Waals surface area contributed by atoms with Gasteiger partial charge < -0.3 is 0 Å². The molecule has 45 heavy (non-hydrogen) atoms. The third-order valence-electron chi connectivity index (χ3n) is 7.40. The highest BCUT2D eigenvalue weighted by Crippen LogP contribution is 2.48. The van der Waals surface area contributed by atoms with Gasteiger partial charge in [-0.25, -0.2) is 30.4 Å². The maximum atomic E-state index is 14.8. The molecule has 0 saturated heterocycles. The Labute approximate surface area is 265 Å². The quantitative estimate of drug-likeness (QED) is 0.126. The molecule has 0 aliphatic heterocycles. The first-order valence-electron chi connectivity index (χ1n) is 13.4. The van der Waals surface area contributed by atoms with Crippen LogP contribution in [0.2, 0.25) is 5.02 Å². The SMILES string of the molecule is [C-]#[N+]c1sccc1-c1c(-c2cccc(-c3ccc(C(C)=O)cc3Cl)c2)n(S(=O)(=O)c2ccc(C(F)F)cc2)c2ccc(F)cc12. The Morgan fingerprint density at radius 1 is 0.933 bits per heavy atom. The highest BCUT2D eigenvalue weighted by atomic mass is 35.5. The van der Waals surface area contributed by atoms with Gasteiger partial charge in [-0.3, -0.25) is 4.79 Å². The number of thiophene rings is 1. The van der Waals surface area contributed by atoms with Crippen LogP contribution >= 0.6 is 22.9 Å². The fourth-order valence-corrected chi connectivity index (χ4v) is 7.81. The van der Waals surface area contributed by atoms with Gasteiger partial charge in [0.15, 0.2) is 5.78 Å². The molecule has 11 heteroatoms. The zero-order valence-electron chi connectivity index (χ0n) is 23.3. The van der Waals surface area contributed by atoms with Crippen LogP contribution in [-0.4, -0.2) is 18.2 Å². The Kier molecular flexibility index (Phi) is 7.87. The van der Waals surface area contributed by atoms with Gasteiger partial charge in [0.25, 0.3) is 16.4 Å². The Hall–Kier alpha value is -4.69. The smallest absolute Gasteiger partial charge is 0.268 e. The summed E-state index contributed by atoms with van der Waals surface area (Å²) < 4.78 is 71.4. The number of aromatic nitrogens is 1. The normalized spacial score (nSPS) is 11.7. The van der Waals surface area contributed by atoms with Gasteiger partial charge in [-0.15, -0.1) is 0 Å². The summed E-state index contributed by atoms with van der Waals surface area (Å²) in [6, 6.07) is 21.5. The van der Waals surface area contributed by atoms with E-state index in [0.717, 1.165) is 45.6 Å². The van der Waals surface area contributed by atoms with E-state index in [1.165, 1.54) is 19.1 Å². The monoisotopic (exact) mass is 660 g/mol. The second-order valence-electron chi connectivity index (χ2n) is 10.1. The number of ketones is 1. The molecule has 0 atom stereocenters. The number of rotatable bonds is 7. The third-order valence-corrected chi connectivity index (χ3v) is 10.2. The lowest BCUT2D eigenvalue weighted by atomic mass is 9.96. The summed E-state index contributed by atoms with van der Waals surface area (Å²) in [5, 5.41) is 2.52. The number of carbonyl (C=O) groups is 1. The van der Waals surface area contributed by atoms with Crippen LogP contribution in [0.5, 0.6) is 0 Å². The summed E-state index contributed by atoms with van der Waals surface area (Å²) in [7, 11) is -4.48. The molecule has 6 rings (SSSR count). The van der Waals surface area contributed by atoms with Crippen LogP contribution in [0.25, 0.3) is 49.3 Å². The van der Waals surface area contributed by atoms with Crippen molar-refractivity contribution in [2.75, 3.05) is 0 Å². The van der Waals surface area contributed by atoms with Crippen LogP contribution in [0.4, 0.5) is 18.2 Å². The first-order valence-corrected chi connectivity index (χ1v) is 16.0. The van der Waals surface area contributed by atoms with Gasteiger partial charge in [0.05, 0.1) is 22.7 Å². The number of Topliss-reactive ketones (excluding diaryl/α,β-unsaturated/α-hetero) is 1. The Balaban J connectivity index is 1.70. The van der Waals surface area contributed by atoms with E-state index in [1.54, 1.807) is 53.9 Å². The van der Waals surface area contributed by atoms with Crippen LogP contribution in [-0.2, 0) is 10.0 Å². The molecule has 0 fully saturated rings. The summed E-state index contributed by atoms with van der Waals surface area (Å²) in [5.74, 6) is -0.770. The Morgan fingerprint density at radius 2 is 1.67 bits per heavy atom. The molecule has 6 aromatic rings. The van der Waals surface area contributed by atoms with Crippen LogP contribution in [0, 0.1) is 12.4 Å². The molecule has 0 unspecified atom stereocenters. The van der Waals surface area contributed by atoms with E-state index >= 15 is 0 Å². The van der Waals surface area contributed by atoms with Crippen LogP contribution in [0.15, 0.2) is 101 Å². The number of hydrogen-bond donors (Lipinski definition) is 0. The van der Waals surface area contributed by atoms with Crippen molar-refractivity contribution in [2.24, 2.45) is 0 Å². The third kappa shape index (κ3) is 5.33. The molecular weight excluding hydrogens is 641 g/mol. The van der Waals surface area contributed by atoms with Crippen molar-refractivity contribution < 1.29 is 26.4 Å². The van der Waals surface area contributed by atoms with E-state index in [4.69, 9.17) is 18.2 Å². The molecule has 0 N–H and O–H groups in total. The lowest BCUT2D eigenvalue weighted by Gasteiger charge is -2.15. The number of nitrogens with zero attached hydrogens (tertiary/aromatic N) is 2. The lowest BCUT2D eigenvalue weighted by Crippen LogP contribution is -2.14. The molecule has 0 radical (unpaired) electrons. The van der Waals surface area contributed by atoms with Gasteiger partial charge in [-0.1, -0.05) is 60.1 Å². The number of halogens is 4. The van der Waals surface area contributed by atoms with Gasteiger partial charge in [0, 0.05) is 43.8 Å². The first-order chi connectivity index (χ1) is 21.5. The minimum atomic E-state index is -4.48. The van der Waals surface area contributed by atoms with Crippen LogP contribution in [0.1, 0.15) is 29.3 Å². The predicted molar refractivity (Wildman–Crippen MR) is 171 cm³/mol. The Morgan fingerprint density at radius 3 is 2.33 bits per heavy atom. The van der Waals surface area contributed by atoms with Crippen molar-refractivity contribution in [3.63, 3.8) is 0 Å². The molecule has 4 aromatic carbocycles. The zero-order valence-corrected chi connectivity index (χ0v) is 25.7. The average molecular weight is 661 g/mol. The zero-order chi connectivity index (χ0) is 32.0. The van der Waals surface area contributed by atoms with Crippen LogP contribution < -0.4 is 0 Å². The number of carbonyl (C=O) groups excluding carboxylic acids is 1. The van der Waals surface area contributed by atoms with Gasteiger partial charge in [-0.05, 0) is 60.3 Å². The fraction of sp³-hybridized carbons (Fsp3) is 0.0588. The van der Waals surface area contributed by atoms with Gasteiger partial charge in [0.2, 0.25) is 5.00 Å². The molecule has 0 aliphatic rings. The molecule has 2 aromatic heterocycles. The summed E-state index contributed by atoms with van der Waals surface area (Å²) in [6.07, 6.45) is -2.79. The van der Waals surface area contributed by atoms with Gasteiger partial charge >= 0.3 is 0 Å². The number of benzene rings is 4. The van der Waals surface area contributed by atoms with Crippen molar-refractivity contribution >= 4 is 54.6 Å². The maximum Gasteiger partial charge on any atom is 0.268 e. The molecule has 0 amide bonds. The topological polar surface area (TPSA) is 60.5 Å². The summed E-state index contributed by atoms with van der Waals surface area (Å²) in [6.45, 7) is 9.18. The molecule has 0 bridgehead atoms. The highest BCUT2D eigenvalue weighted by molar-refractivity contribution is 7.90. The Bertz CT molecular complexity index is 2290. The second-order valence-corrected chi connectivity index (χ2v) is 13.2.